The van der Waals surface area contributed by atoms with Gasteiger partial charge in [-0.05, 0) is 70.4 Å². The standard InChI is InChI=1S/C21H35N5/c1-22-21(23-16-18-10-14-25(2)15-11-18)24-17-20(26-12-6-7-13-26)19-8-4-3-5-9-19/h3-5,8-9,18,20H,6-7,10-17H2,1-2H3,(H2,22,23,24). The fraction of sp³-hybridized carbons (Fsp3) is 0.667. The molecule has 3 rings (SSSR count). The maximum absolute atomic E-state index is 4.45. The Bertz CT molecular complexity index is 545. The van der Waals surface area contributed by atoms with E-state index in [1.165, 1.54) is 57.4 Å². The minimum Gasteiger partial charge on any atom is -0.356 e. The minimum atomic E-state index is 0.417. The number of aliphatic imine (C=N–C) groups is 1. The van der Waals surface area contributed by atoms with Crippen LogP contribution in [0.15, 0.2) is 35.3 Å². The van der Waals surface area contributed by atoms with Crippen LogP contribution in [0.1, 0.15) is 37.3 Å². The van der Waals surface area contributed by atoms with Gasteiger partial charge in [0.05, 0.1) is 6.04 Å². The van der Waals surface area contributed by atoms with Gasteiger partial charge >= 0.3 is 0 Å². The van der Waals surface area contributed by atoms with Gasteiger partial charge in [0.25, 0.3) is 0 Å². The summed E-state index contributed by atoms with van der Waals surface area (Å²) in [5.74, 6) is 1.69. The highest BCUT2D eigenvalue weighted by Crippen LogP contribution is 2.24. The molecule has 2 aliphatic heterocycles. The van der Waals surface area contributed by atoms with Gasteiger partial charge in [-0.2, -0.15) is 0 Å². The van der Waals surface area contributed by atoms with E-state index < -0.39 is 0 Å². The van der Waals surface area contributed by atoms with Crippen LogP contribution in [0.2, 0.25) is 0 Å². The molecule has 2 heterocycles. The van der Waals surface area contributed by atoms with Crippen LogP contribution in [-0.4, -0.2) is 69.1 Å². The van der Waals surface area contributed by atoms with Crippen LogP contribution in [0.5, 0.6) is 0 Å². The number of benzene rings is 1. The predicted molar refractivity (Wildman–Crippen MR) is 110 cm³/mol. The maximum atomic E-state index is 4.45. The number of rotatable bonds is 6. The van der Waals surface area contributed by atoms with Crippen molar-refractivity contribution in [2.75, 3.05) is 53.4 Å². The fourth-order valence-electron chi connectivity index (χ4n) is 4.11. The molecule has 2 saturated heterocycles. The lowest BCUT2D eigenvalue weighted by Crippen LogP contribution is -2.45. The van der Waals surface area contributed by atoms with Crippen molar-refractivity contribution in [3.8, 4) is 0 Å². The largest absolute Gasteiger partial charge is 0.356 e. The SMILES string of the molecule is CN=C(NCC1CCN(C)CC1)NCC(c1ccccc1)N1CCCC1. The molecule has 1 aromatic carbocycles. The Morgan fingerprint density at radius 2 is 1.77 bits per heavy atom. The van der Waals surface area contributed by atoms with E-state index in [9.17, 15) is 0 Å². The molecule has 1 unspecified atom stereocenters. The highest BCUT2D eigenvalue weighted by atomic mass is 15.2. The molecule has 0 aromatic heterocycles. The molecule has 26 heavy (non-hydrogen) atoms. The van der Waals surface area contributed by atoms with Crippen LogP contribution < -0.4 is 10.6 Å². The molecule has 2 aliphatic rings. The summed E-state index contributed by atoms with van der Waals surface area (Å²) < 4.78 is 0. The molecule has 5 heteroatoms. The summed E-state index contributed by atoms with van der Waals surface area (Å²) in [6, 6.07) is 11.3. The smallest absolute Gasteiger partial charge is 0.191 e. The van der Waals surface area contributed by atoms with Crippen molar-refractivity contribution in [2.24, 2.45) is 10.9 Å². The first-order chi connectivity index (χ1) is 12.8. The molecule has 1 aromatic rings. The van der Waals surface area contributed by atoms with Crippen molar-refractivity contribution in [2.45, 2.75) is 31.7 Å². The van der Waals surface area contributed by atoms with Gasteiger partial charge in [-0.15, -0.1) is 0 Å². The number of hydrogen-bond donors (Lipinski definition) is 2. The Morgan fingerprint density at radius 3 is 2.42 bits per heavy atom. The van der Waals surface area contributed by atoms with Crippen LogP contribution in [0.4, 0.5) is 0 Å². The highest BCUT2D eigenvalue weighted by Gasteiger charge is 2.23. The van der Waals surface area contributed by atoms with Gasteiger partial charge in [0.2, 0.25) is 0 Å². The average Bonchev–Trinajstić information content (AvgIpc) is 3.21. The lowest BCUT2D eigenvalue weighted by Gasteiger charge is -2.30. The zero-order chi connectivity index (χ0) is 18.2. The molecule has 0 bridgehead atoms. The molecule has 1 atom stereocenters. The van der Waals surface area contributed by atoms with Crippen LogP contribution in [-0.2, 0) is 0 Å². The van der Waals surface area contributed by atoms with Crippen molar-refractivity contribution < 1.29 is 0 Å². The van der Waals surface area contributed by atoms with Crippen LogP contribution in [0, 0.1) is 5.92 Å². The zero-order valence-corrected chi connectivity index (χ0v) is 16.5. The van der Waals surface area contributed by atoms with Gasteiger partial charge in [0.15, 0.2) is 5.96 Å². The third-order valence-corrected chi connectivity index (χ3v) is 5.85. The van der Waals surface area contributed by atoms with Crippen molar-refractivity contribution >= 4 is 5.96 Å². The first-order valence-corrected chi connectivity index (χ1v) is 10.2. The molecule has 5 nitrogen and oxygen atoms in total. The third-order valence-electron chi connectivity index (χ3n) is 5.85. The summed E-state index contributed by atoms with van der Waals surface area (Å²) in [4.78, 5) is 9.47. The maximum Gasteiger partial charge on any atom is 0.191 e. The molecule has 0 amide bonds. The van der Waals surface area contributed by atoms with Crippen molar-refractivity contribution in [3.63, 3.8) is 0 Å². The second-order valence-electron chi connectivity index (χ2n) is 7.75. The normalized spacial score (nSPS) is 21.7. The molecule has 144 valence electrons. The molecule has 0 aliphatic carbocycles. The number of piperidine rings is 1. The second kappa shape index (κ2) is 9.93. The van der Waals surface area contributed by atoms with Gasteiger partial charge in [-0.3, -0.25) is 9.89 Å². The number of likely N-dealkylation sites (tertiary alicyclic amines) is 2. The highest BCUT2D eigenvalue weighted by molar-refractivity contribution is 5.79. The summed E-state index contributed by atoms with van der Waals surface area (Å²) >= 11 is 0. The Hall–Kier alpha value is -1.59. The first kappa shape index (κ1) is 19.2. The minimum absolute atomic E-state index is 0.417. The first-order valence-electron chi connectivity index (χ1n) is 10.2. The van der Waals surface area contributed by atoms with Crippen molar-refractivity contribution in [1.82, 2.24) is 20.4 Å². The van der Waals surface area contributed by atoms with Crippen LogP contribution in [0.3, 0.4) is 0 Å². The van der Waals surface area contributed by atoms with E-state index in [4.69, 9.17) is 0 Å². The number of nitrogens with one attached hydrogen (secondary N) is 2. The fourth-order valence-corrected chi connectivity index (χ4v) is 4.11. The van der Waals surface area contributed by atoms with Gasteiger partial charge in [-0.25, -0.2) is 0 Å². The Kier molecular flexibility index (Phi) is 7.32. The molecule has 2 N–H and O–H groups in total. The number of nitrogens with zero attached hydrogens (tertiary/aromatic N) is 3. The average molecular weight is 358 g/mol. The summed E-state index contributed by atoms with van der Waals surface area (Å²) in [6.45, 7) is 6.74. The van der Waals surface area contributed by atoms with E-state index >= 15 is 0 Å². The number of hydrogen-bond acceptors (Lipinski definition) is 3. The van der Waals surface area contributed by atoms with Gasteiger partial charge in [-0.1, -0.05) is 30.3 Å². The topological polar surface area (TPSA) is 42.9 Å². The molecule has 2 fully saturated rings. The van der Waals surface area contributed by atoms with E-state index in [1.54, 1.807) is 0 Å². The molecule has 0 spiro atoms. The van der Waals surface area contributed by atoms with E-state index in [0.29, 0.717) is 6.04 Å². The Labute approximate surface area is 158 Å². The monoisotopic (exact) mass is 357 g/mol. The van der Waals surface area contributed by atoms with Gasteiger partial charge in [0.1, 0.15) is 0 Å². The van der Waals surface area contributed by atoms with Crippen LogP contribution >= 0.6 is 0 Å². The van der Waals surface area contributed by atoms with Gasteiger partial charge < -0.3 is 15.5 Å². The third kappa shape index (κ3) is 5.45. The molecule has 0 saturated carbocycles. The zero-order valence-electron chi connectivity index (χ0n) is 16.5. The Morgan fingerprint density at radius 1 is 1.08 bits per heavy atom. The Balaban J connectivity index is 1.51. The van der Waals surface area contributed by atoms with E-state index in [1.807, 2.05) is 7.05 Å². The molecule has 0 radical (unpaired) electrons. The lowest BCUT2D eigenvalue weighted by atomic mass is 9.97. The molecular formula is C21H35N5. The van der Waals surface area contributed by atoms with Crippen LogP contribution in [0.25, 0.3) is 0 Å². The summed E-state index contributed by atoms with van der Waals surface area (Å²) in [7, 11) is 4.09. The van der Waals surface area contributed by atoms with E-state index in [2.05, 4.69) is 62.8 Å². The summed E-state index contributed by atoms with van der Waals surface area (Å²) in [6.07, 6.45) is 5.18. The summed E-state index contributed by atoms with van der Waals surface area (Å²) in [5, 5.41) is 7.13. The van der Waals surface area contributed by atoms with Crippen molar-refractivity contribution in [3.05, 3.63) is 35.9 Å². The van der Waals surface area contributed by atoms with E-state index in [-0.39, 0.29) is 0 Å². The van der Waals surface area contributed by atoms with Crippen molar-refractivity contribution in [1.29, 1.82) is 0 Å². The summed E-state index contributed by atoms with van der Waals surface area (Å²) in [5.41, 5.74) is 1.40. The van der Waals surface area contributed by atoms with E-state index in [0.717, 1.165) is 25.0 Å². The van der Waals surface area contributed by atoms with Gasteiger partial charge in [0, 0.05) is 20.1 Å². The predicted octanol–water partition coefficient (Wildman–Crippen LogP) is 2.33. The molecular weight excluding hydrogens is 322 g/mol. The second-order valence-corrected chi connectivity index (χ2v) is 7.75. The lowest BCUT2D eigenvalue weighted by molar-refractivity contribution is 0.219. The number of guanidine groups is 1. The quantitative estimate of drug-likeness (QED) is 0.606.